The highest BCUT2D eigenvalue weighted by molar-refractivity contribution is 5.80. The van der Waals surface area contributed by atoms with E-state index < -0.39 is 0 Å². The highest BCUT2D eigenvalue weighted by Crippen LogP contribution is 2.06. The molecule has 0 aliphatic rings. The van der Waals surface area contributed by atoms with Crippen molar-refractivity contribution in [1.82, 2.24) is 0 Å². The summed E-state index contributed by atoms with van der Waals surface area (Å²) in [6, 6.07) is 0. The third kappa shape index (κ3) is 6.46. The zero-order chi connectivity index (χ0) is 10.3. The normalized spacial score (nSPS) is 10.5. The number of aliphatic hydroxyl groups excluding tert-OH is 1. The van der Waals surface area contributed by atoms with Gasteiger partial charge in [-0.15, -0.1) is 0 Å². The van der Waals surface area contributed by atoms with Gasteiger partial charge in [0.25, 0.3) is 0 Å². The average molecular weight is 186 g/mol. The third-order valence-electron chi connectivity index (χ3n) is 1.95. The summed E-state index contributed by atoms with van der Waals surface area (Å²) in [4.78, 5) is 21.8. The Morgan fingerprint density at radius 3 is 2.15 bits per heavy atom. The Morgan fingerprint density at radius 2 is 1.69 bits per heavy atom. The van der Waals surface area contributed by atoms with E-state index in [1.165, 1.54) is 0 Å². The number of carbonyl (C=O) groups is 2. The molecule has 0 aromatic carbocycles. The summed E-state index contributed by atoms with van der Waals surface area (Å²) in [5, 5.41) is 8.42. The molecule has 0 rings (SSSR count). The van der Waals surface area contributed by atoms with Crippen LogP contribution in [0.3, 0.4) is 0 Å². The van der Waals surface area contributed by atoms with Gasteiger partial charge in [-0.25, -0.2) is 0 Å². The second-order valence-corrected chi connectivity index (χ2v) is 3.52. The van der Waals surface area contributed by atoms with Gasteiger partial charge >= 0.3 is 0 Å². The van der Waals surface area contributed by atoms with Crippen LogP contribution in [0.15, 0.2) is 0 Å². The lowest BCUT2D eigenvalue weighted by atomic mass is 10.0. The molecule has 0 spiro atoms. The Morgan fingerprint density at radius 1 is 1.15 bits per heavy atom. The lowest BCUT2D eigenvalue weighted by Crippen LogP contribution is -2.07. The van der Waals surface area contributed by atoms with Crippen molar-refractivity contribution in [2.75, 3.05) is 6.61 Å². The predicted octanol–water partition coefficient (Wildman–Crippen LogP) is 1.33. The first-order valence-electron chi connectivity index (χ1n) is 4.73. The van der Waals surface area contributed by atoms with E-state index in [1.807, 2.05) is 13.8 Å². The van der Waals surface area contributed by atoms with Crippen LogP contribution in [0.5, 0.6) is 0 Å². The first-order chi connectivity index (χ1) is 6.07. The van der Waals surface area contributed by atoms with Crippen molar-refractivity contribution < 1.29 is 14.7 Å². The van der Waals surface area contributed by atoms with Crippen LogP contribution in [0.1, 0.15) is 39.5 Å². The number of hydrogen-bond acceptors (Lipinski definition) is 3. The van der Waals surface area contributed by atoms with E-state index in [0.717, 1.165) is 6.42 Å². The van der Waals surface area contributed by atoms with Crippen LogP contribution in [0.2, 0.25) is 0 Å². The molecule has 0 saturated heterocycles. The third-order valence-corrected chi connectivity index (χ3v) is 1.95. The lowest BCUT2D eigenvalue weighted by Gasteiger charge is -2.02. The summed E-state index contributed by atoms with van der Waals surface area (Å²) in [6.07, 6.45) is 2.40. The van der Waals surface area contributed by atoms with Crippen molar-refractivity contribution in [3.8, 4) is 0 Å². The highest BCUT2D eigenvalue weighted by Gasteiger charge is 2.06. The largest absolute Gasteiger partial charge is 0.389 e. The van der Waals surface area contributed by atoms with Gasteiger partial charge in [0.2, 0.25) is 0 Å². The maximum atomic E-state index is 11.1. The topological polar surface area (TPSA) is 54.4 Å². The number of hydrogen-bond donors (Lipinski definition) is 1. The molecule has 0 aromatic rings. The zero-order valence-electron chi connectivity index (χ0n) is 8.38. The predicted molar refractivity (Wildman–Crippen MR) is 50.4 cm³/mol. The van der Waals surface area contributed by atoms with Crippen molar-refractivity contribution >= 4 is 11.6 Å². The summed E-state index contributed by atoms with van der Waals surface area (Å²) >= 11 is 0. The molecule has 13 heavy (non-hydrogen) atoms. The second-order valence-electron chi connectivity index (χ2n) is 3.52. The number of Topliss-reactive ketones (excluding diaryl/α,β-unsaturated/α-hetero) is 2. The van der Waals surface area contributed by atoms with E-state index in [9.17, 15) is 9.59 Å². The van der Waals surface area contributed by atoms with Crippen molar-refractivity contribution in [3.05, 3.63) is 0 Å². The van der Waals surface area contributed by atoms with E-state index >= 15 is 0 Å². The van der Waals surface area contributed by atoms with Crippen LogP contribution in [-0.4, -0.2) is 23.3 Å². The van der Waals surface area contributed by atoms with Gasteiger partial charge < -0.3 is 5.11 Å². The molecule has 0 unspecified atom stereocenters. The fourth-order valence-corrected chi connectivity index (χ4v) is 0.989. The van der Waals surface area contributed by atoms with Gasteiger partial charge in [-0.05, 0) is 12.8 Å². The molecule has 0 aliphatic carbocycles. The van der Waals surface area contributed by atoms with Gasteiger partial charge in [0.05, 0.1) is 0 Å². The van der Waals surface area contributed by atoms with Crippen LogP contribution in [-0.2, 0) is 9.59 Å². The Kier molecular flexibility index (Phi) is 6.41. The average Bonchev–Trinajstić information content (AvgIpc) is 2.11. The number of carbonyl (C=O) groups excluding carboxylic acids is 2. The summed E-state index contributed by atoms with van der Waals surface area (Å²) < 4.78 is 0. The smallest absolute Gasteiger partial charge is 0.158 e. The van der Waals surface area contributed by atoms with Crippen molar-refractivity contribution in [2.45, 2.75) is 39.5 Å². The van der Waals surface area contributed by atoms with Gasteiger partial charge in [0.15, 0.2) is 5.78 Å². The molecule has 0 saturated carbocycles. The highest BCUT2D eigenvalue weighted by atomic mass is 16.3. The van der Waals surface area contributed by atoms with Gasteiger partial charge in [-0.1, -0.05) is 13.8 Å². The van der Waals surface area contributed by atoms with E-state index in [0.29, 0.717) is 19.3 Å². The quantitative estimate of drug-likeness (QED) is 0.610. The SMILES string of the molecule is CC(C)C(=O)CCCCC(=O)CO. The molecule has 0 bridgehead atoms. The molecule has 0 amide bonds. The molecule has 0 heterocycles. The Hall–Kier alpha value is -0.700. The summed E-state index contributed by atoms with van der Waals surface area (Å²) in [5.41, 5.74) is 0. The molecule has 0 radical (unpaired) electrons. The lowest BCUT2D eigenvalue weighted by molar-refractivity contribution is -0.123. The standard InChI is InChI=1S/C10H18O3/c1-8(2)10(13)6-4-3-5-9(12)7-11/h8,11H,3-7H2,1-2H3. The van der Waals surface area contributed by atoms with Crippen molar-refractivity contribution in [1.29, 1.82) is 0 Å². The minimum Gasteiger partial charge on any atom is -0.389 e. The van der Waals surface area contributed by atoms with E-state index in [2.05, 4.69) is 0 Å². The van der Waals surface area contributed by atoms with Crippen LogP contribution < -0.4 is 0 Å². The minimum atomic E-state index is -0.377. The summed E-state index contributed by atoms with van der Waals surface area (Å²) in [5.74, 6) is 0.196. The first-order valence-corrected chi connectivity index (χ1v) is 4.73. The Bertz CT molecular complexity index is 173. The number of rotatable bonds is 7. The van der Waals surface area contributed by atoms with E-state index in [4.69, 9.17) is 5.11 Å². The molecule has 0 aromatic heterocycles. The minimum absolute atomic E-state index is 0.0912. The number of ketones is 2. The van der Waals surface area contributed by atoms with E-state index in [-0.39, 0.29) is 24.1 Å². The van der Waals surface area contributed by atoms with Crippen molar-refractivity contribution in [3.63, 3.8) is 0 Å². The molecule has 3 nitrogen and oxygen atoms in total. The first kappa shape index (κ1) is 12.3. The van der Waals surface area contributed by atoms with Gasteiger partial charge in [-0.2, -0.15) is 0 Å². The molecule has 0 atom stereocenters. The van der Waals surface area contributed by atoms with Gasteiger partial charge in [-0.3, -0.25) is 9.59 Å². The Labute approximate surface area is 79.1 Å². The monoisotopic (exact) mass is 186 g/mol. The molecule has 76 valence electrons. The van der Waals surface area contributed by atoms with Crippen LogP contribution >= 0.6 is 0 Å². The maximum absolute atomic E-state index is 11.1. The fraction of sp³-hybridized carbons (Fsp3) is 0.800. The molecule has 3 heteroatoms. The number of aliphatic hydroxyl groups is 1. The Balaban J connectivity index is 3.36. The summed E-state index contributed by atoms with van der Waals surface area (Å²) in [6.45, 7) is 3.38. The second kappa shape index (κ2) is 6.78. The van der Waals surface area contributed by atoms with Gasteiger partial charge in [0.1, 0.15) is 12.4 Å². The zero-order valence-corrected chi connectivity index (χ0v) is 8.38. The van der Waals surface area contributed by atoms with Crippen LogP contribution in [0, 0.1) is 5.92 Å². The molecule has 0 fully saturated rings. The molecular formula is C10H18O3. The molecule has 1 N–H and O–H groups in total. The van der Waals surface area contributed by atoms with Crippen LogP contribution in [0.4, 0.5) is 0 Å². The van der Waals surface area contributed by atoms with Crippen molar-refractivity contribution in [2.24, 2.45) is 5.92 Å². The van der Waals surface area contributed by atoms with Crippen LogP contribution in [0.25, 0.3) is 0 Å². The van der Waals surface area contributed by atoms with Gasteiger partial charge in [0, 0.05) is 18.8 Å². The van der Waals surface area contributed by atoms with E-state index in [1.54, 1.807) is 0 Å². The maximum Gasteiger partial charge on any atom is 0.158 e. The molecule has 0 aliphatic heterocycles. The number of unbranched alkanes of at least 4 members (excludes halogenated alkanes) is 1. The summed E-state index contributed by atoms with van der Waals surface area (Å²) in [7, 11) is 0. The molecular weight excluding hydrogens is 168 g/mol. The fourth-order valence-electron chi connectivity index (χ4n) is 0.989.